The van der Waals surface area contributed by atoms with Crippen molar-refractivity contribution in [3.8, 4) is 16.9 Å². The molecule has 3 aromatic rings. The first kappa shape index (κ1) is 22.9. The number of aromatic nitrogens is 2. The average Bonchev–Trinajstić information content (AvgIpc) is 2.86. The maximum Gasteiger partial charge on any atom is 0.227 e. The zero-order valence-corrected chi connectivity index (χ0v) is 19.1. The van der Waals surface area contributed by atoms with Crippen LogP contribution < -0.4 is 10.1 Å². The van der Waals surface area contributed by atoms with E-state index in [1.165, 1.54) is 19.5 Å². The quantitative estimate of drug-likeness (QED) is 0.595. The van der Waals surface area contributed by atoms with Gasteiger partial charge in [0.2, 0.25) is 5.91 Å². The SMILES string of the molecule is CNC(=O)C1(Cc2ccccc2-c2cncnc2)CCCN(Cc2ccc(OC)cc2F)C1. The van der Waals surface area contributed by atoms with Crippen molar-refractivity contribution in [2.24, 2.45) is 5.41 Å². The molecule has 2 aromatic carbocycles. The van der Waals surface area contributed by atoms with Crippen LogP contribution in [-0.4, -0.2) is 48.0 Å². The Morgan fingerprint density at radius 2 is 1.97 bits per heavy atom. The second-order valence-corrected chi connectivity index (χ2v) is 8.59. The van der Waals surface area contributed by atoms with Gasteiger partial charge in [-0.25, -0.2) is 14.4 Å². The molecule has 0 radical (unpaired) electrons. The molecule has 1 amide bonds. The molecule has 7 heteroatoms. The van der Waals surface area contributed by atoms with Gasteiger partial charge >= 0.3 is 0 Å². The lowest BCUT2D eigenvalue weighted by molar-refractivity contribution is -0.134. The molecule has 1 aliphatic heterocycles. The first-order valence-electron chi connectivity index (χ1n) is 11.1. The molecular formula is C26H29FN4O2. The average molecular weight is 449 g/mol. The molecule has 1 fully saturated rings. The molecule has 0 bridgehead atoms. The van der Waals surface area contributed by atoms with Crippen LogP contribution >= 0.6 is 0 Å². The third kappa shape index (κ3) is 5.03. The van der Waals surface area contributed by atoms with Crippen LogP contribution in [0, 0.1) is 11.2 Å². The van der Waals surface area contributed by atoms with Crippen LogP contribution in [0.4, 0.5) is 4.39 Å². The maximum atomic E-state index is 14.6. The van der Waals surface area contributed by atoms with E-state index in [1.807, 2.05) is 18.2 Å². The molecule has 1 aromatic heterocycles. The van der Waals surface area contributed by atoms with Crippen molar-refractivity contribution in [3.05, 3.63) is 78.1 Å². The minimum absolute atomic E-state index is 0.0153. The first-order valence-corrected chi connectivity index (χ1v) is 11.1. The van der Waals surface area contributed by atoms with Gasteiger partial charge in [-0.2, -0.15) is 0 Å². The fraction of sp³-hybridized carbons (Fsp3) is 0.346. The summed E-state index contributed by atoms with van der Waals surface area (Å²) >= 11 is 0. The van der Waals surface area contributed by atoms with Crippen LogP contribution in [0.25, 0.3) is 11.1 Å². The van der Waals surface area contributed by atoms with Gasteiger partial charge in [-0.05, 0) is 43.0 Å². The standard InChI is InChI=1S/C26H29FN4O2/c1-28-25(32)26(13-19-6-3-4-7-23(19)21-14-29-18-30-15-21)10-5-11-31(17-26)16-20-8-9-22(33-2)12-24(20)27/h3-4,6-9,12,14-15,18H,5,10-11,13,16-17H2,1-2H3,(H,28,32). The molecule has 172 valence electrons. The van der Waals surface area contributed by atoms with Crippen LogP contribution in [-0.2, 0) is 17.8 Å². The summed E-state index contributed by atoms with van der Waals surface area (Å²) in [4.78, 5) is 23.7. The third-order valence-electron chi connectivity index (χ3n) is 6.44. The largest absolute Gasteiger partial charge is 0.497 e. The van der Waals surface area contributed by atoms with Crippen molar-refractivity contribution in [1.29, 1.82) is 0 Å². The summed E-state index contributed by atoms with van der Waals surface area (Å²) in [5.41, 5.74) is 3.02. The minimum Gasteiger partial charge on any atom is -0.497 e. The number of hydrogen-bond acceptors (Lipinski definition) is 5. The molecule has 0 saturated carbocycles. The van der Waals surface area contributed by atoms with Crippen molar-refractivity contribution in [2.75, 3.05) is 27.2 Å². The number of hydrogen-bond donors (Lipinski definition) is 1. The van der Waals surface area contributed by atoms with Crippen LogP contribution in [0.2, 0.25) is 0 Å². The van der Waals surface area contributed by atoms with Gasteiger partial charge in [0.15, 0.2) is 0 Å². The predicted octanol–water partition coefficient (Wildman–Crippen LogP) is 3.86. The zero-order valence-electron chi connectivity index (χ0n) is 19.1. The number of nitrogens with zero attached hydrogens (tertiary/aromatic N) is 3. The van der Waals surface area contributed by atoms with E-state index >= 15 is 0 Å². The number of piperidine rings is 1. The topological polar surface area (TPSA) is 67.4 Å². The predicted molar refractivity (Wildman–Crippen MR) is 125 cm³/mol. The normalized spacial score (nSPS) is 18.6. The summed E-state index contributed by atoms with van der Waals surface area (Å²) in [6.07, 6.45) is 7.31. The Labute approximate surface area is 193 Å². The number of likely N-dealkylation sites (tertiary alicyclic amines) is 1. The van der Waals surface area contributed by atoms with Gasteiger partial charge in [0.1, 0.15) is 17.9 Å². The maximum absolute atomic E-state index is 14.6. The lowest BCUT2D eigenvalue weighted by Crippen LogP contribution is -2.52. The van der Waals surface area contributed by atoms with E-state index in [1.54, 1.807) is 31.6 Å². The van der Waals surface area contributed by atoms with Gasteiger partial charge in [0, 0.05) is 49.7 Å². The Morgan fingerprint density at radius 3 is 2.70 bits per heavy atom. The highest BCUT2D eigenvalue weighted by atomic mass is 19.1. The highest BCUT2D eigenvalue weighted by molar-refractivity contribution is 5.83. The Kier molecular flexibility index (Phi) is 6.99. The summed E-state index contributed by atoms with van der Waals surface area (Å²) in [6.45, 7) is 1.82. The number of amides is 1. The molecule has 1 N–H and O–H groups in total. The van der Waals surface area contributed by atoms with Gasteiger partial charge < -0.3 is 10.1 Å². The molecule has 0 spiro atoms. The van der Waals surface area contributed by atoms with E-state index < -0.39 is 5.41 Å². The van der Waals surface area contributed by atoms with Crippen molar-refractivity contribution in [3.63, 3.8) is 0 Å². The molecule has 1 aliphatic rings. The van der Waals surface area contributed by atoms with E-state index in [9.17, 15) is 9.18 Å². The van der Waals surface area contributed by atoms with E-state index in [0.29, 0.717) is 30.8 Å². The first-order chi connectivity index (χ1) is 16.0. The van der Waals surface area contributed by atoms with Gasteiger partial charge in [0.25, 0.3) is 0 Å². The van der Waals surface area contributed by atoms with E-state index in [4.69, 9.17) is 4.74 Å². The summed E-state index contributed by atoms with van der Waals surface area (Å²) in [7, 11) is 3.21. The Bertz CT molecular complexity index is 1110. The smallest absolute Gasteiger partial charge is 0.227 e. The van der Waals surface area contributed by atoms with Crippen LogP contribution in [0.1, 0.15) is 24.0 Å². The number of carbonyl (C=O) groups excluding carboxylic acids is 1. The molecular weight excluding hydrogens is 419 g/mol. The fourth-order valence-electron chi connectivity index (χ4n) is 4.82. The molecule has 6 nitrogen and oxygen atoms in total. The highest BCUT2D eigenvalue weighted by Gasteiger charge is 2.42. The van der Waals surface area contributed by atoms with Crippen LogP contribution in [0.15, 0.2) is 61.2 Å². The summed E-state index contributed by atoms with van der Waals surface area (Å²) in [5.74, 6) is 0.220. The van der Waals surface area contributed by atoms with Gasteiger partial charge in [-0.1, -0.05) is 30.3 Å². The van der Waals surface area contributed by atoms with Gasteiger partial charge in [0.05, 0.1) is 12.5 Å². The number of rotatable bonds is 7. The van der Waals surface area contributed by atoms with Gasteiger partial charge in [-0.3, -0.25) is 9.69 Å². The molecule has 2 heterocycles. The Balaban J connectivity index is 1.61. The Morgan fingerprint density at radius 1 is 1.18 bits per heavy atom. The number of ether oxygens (including phenoxy) is 1. The Hall–Kier alpha value is -3.32. The zero-order chi connectivity index (χ0) is 23.3. The second-order valence-electron chi connectivity index (χ2n) is 8.59. The lowest BCUT2D eigenvalue weighted by Gasteiger charge is -2.42. The second kappa shape index (κ2) is 10.1. The van der Waals surface area contributed by atoms with Crippen molar-refractivity contribution in [1.82, 2.24) is 20.2 Å². The number of benzene rings is 2. The summed E-state index contributed by atoms with van der Waals surface area (Å²) in [5, 5.41) is 2.88. The molecule has 1 unspecified atom stereocenters. The number of carbonyl (C=O) groups is 1. The number of methoxy groups -OCH3 is 1. The molecule has 0 aliphatic carbocycles. The third-order valence-corrected chi connectivity index (χ3v) is 6.44. The van der Waals surface area contributed by atoms with E-state index in [-0.39, 0.29) is 11.7 Å². The van der Waals surface area contributed by atoms with Crippen molar-refractivity contribution in [2.45, 2.75) is 25.8 Å². The monoisotopic (exact) mass is 448 g/mol. The minimum atomic E-state index is -0.609. The summed E-state index contributed by atoms with van der Waals surface area (Å²) in [6, 6.07) is 13.0. The van der Waals surface area contributed by atoms with E-state index in [0.717, 1.165) is 36.1 Å². The molecule has 1 atom stereocenters. The van der Waals surface area contributed by atoms with Crippen molar-refractivity contribution >= 4 is 5.91 Å². The van der Waals surface area contributed by atoms with Gasteiger partial charge in [-0.15, -0.1) is 0 Å². The molecule has 33 heavy (non-hydrogen) atoms. The van der Waals surface area contributed by atoms with Crippen LogP contribution in [0.3, 0.4) is 0 Å². The lowest BCUT2D eigenvalue weighted by atomic mass is 9.73. The number of halogens is 1. The number of nitrogens with one attached hydrogen (secondary N) is 1. The van der Waals surface area contributed by atoms with Crippen LogP contribution in [0.5, 0.6) is 5.75 Å². The van der Waals surface area contributed by atoms with E-state index in [2.05, 4.69) is 26.3 Å². The molecule has 4 rings (SSSR count). The molecule has 1 saturated heterocycles. The van der Waals surface area contributed by atoms with Crippen molar-refractivity contribution < 1.29 is 13.9 Å². The fourth-order valence-corrected chi connectivity index (χ4v) is 4.82. The highest BCUT2D eigenvalue weighted by Crippen LogP contribution is 2.37. The summed E-state index contributed by atoms with van der Waals surface area (Å²) < 4.78 is 19.7.